The topological polar surface area (TPSA) is 116 Å². The van der Waals surface area contributed by atoms with E-state index in [1.54, 1.807) is 36.4 Å². The molecule has 1 heterocycles. The Morgan fingerprint density at radius 1 is 1.04 bits per heavy atom. The second-order valence-electron chi connectivity index (χ2n) is 5.44. The summed E-state index contributed by atoms with van der Waals surface area (Å²) in [6, 6.07) is 17.3. The standard InChI is InChI=1S/C19H16ClN5O2/c20-15-6-1-2-7-16(15)25-19(22)24-12-4-3-5-13(10-12)27-14-8-9-23-17(11-14)18(21)26/h1-11H,(H2,21,26)(H3,22,24,25). The number of para-hydroxylation sites is 1. The number of amides is 1. The van der Waals surface area contributed by atoms with Crippen LogP contribution in [0.1, 0.15) is 10.5 Å². The van der Waals surface area contributed by atoms with Crippen molar-refractivity contribution in [2.75, 3.05) is 5.32 Å². The van der Waals surface area contributed by atoms with Crippen LogP contribution in [0.4, 0.5) is 11.4 Å². The Bertz CT molecular complexity index is 1010. The summed E-state index contributed by atoms with van der Waals surface area (Å²) >= 11 is 6.07. The van der Waals surface area contributed by atoms with Gasteiger partial charge in [-0.15, -0.1) is 0 Å². The molecule has 0 aliphatic carbocycles. The lowest BCUT2D eigenvalue weighted by Crippen LogP contribution is -2.21. The molecule has 0 aliphatic heterocycles. The normalized spacial score (nSPS) is 11.1. The third-order valence-electron chi connectivity index (χ3n) is 3.42. The number of carbonyl (C=O) groups is 1. The summed E-state index contributed by atoms with van der Waals surface area (Å²) in [4.78, 5) is 19.3. The first-order valence-corrected chi connectivity index (χ1v) is 8.28. The van der Waals surface area contributed by atoms with Gasteiger partial charge in [0.2, 0.25) is 0 Å². The Balaban J connectivity index is 1.75. The SMILES string of the molecule is NC(=O)c1cc(Oc2cccc(NC(N)=Nc3ccccc3Cl)c2)ccn1. The molecule has 0 unspecified atom stereocenters. The summed E-state index contributed by atoms with van der Waals surface area (Å²) in [6.07, 6.45) is 1.45. The molecular weight excluding hydrogens is 366 g/mol. The number of benzene rings is 2. The quantitative estimate of drug-likeness (QED) is 0.460. The van der Waals surface area contributed by atoms with E-state index in [0.29, 0.717) is 27.9 Å². The number of ether oxygens (including phenoxy) is 1. The number of rotatable bonds is 5. The van der Waals surface area contributed by atoms with Crippen LogP contribution in [0.3, 0.4) is 0 Å². The van der Waals surface area contributed by atoms with Gasteiger partial charge in [-0.05, 0) is 30.3 Å². The van der Waals surface area contributed by atoms with Crippen molar-refractivity contribution in [2.24, 2.45) is 16.5 Å². The lowest BCUT2D eigenvalue weighted by Gasteiger charge is -2.10. The van der Waals surface area contributed by atoms with Gasteiger partial charge in [0.05, 0.1) is 10.7 Å². The van der Waals surface area contributed by atoms with Gasteiger partial charge in [0.15, 0.2) is 5.96 Å². The first-order valence-electron chi connectivity index (χ1n) is 7.91. The molecule has 0 aliphatic rings. The molecule has 0 radical (unpaired) electrons. The first kappa shape index (κ1) is 18.2. The van der Waals surface area contributed by atoms with E-state index in [0.717, 1.165) is 0 Å². The van der Waals surface area contributed by atoms with Crippen LogP contribution in [-0.2, 0) is 0 Å². The third-order valence-corrected chi connectivity index (χ3v) is 3.74. The number of aromatic nitrogens is 1. The van der Waals surface area contributed by atoms with Crippen molar-refractivity contribution in [3.05, 3.63) is 77.6 Å². The third kappa shape index (κ3) is 4.96. The molecule has 0 atom stereocenters. The molecule has 1 amide bonds. The van der Waals surface area contributed by atoms with Crippen molar-refractivity contribution in [3.63, 3.8) is 0 Å². The van der Waals surface area contributed by atoms with Crippen molar-refractivity contribution in [2.45, 2.75) is 0 Å². The van der Waals surface area contributed by atoms with Crippen molar-refractivity contribution in [3.8, 4) is 11.5 Å². The molecule has 0 spiro atoms. The van der Waals surface area contributed by atoms with Crippen LogP contribution in [0.5, 0.6) is 11.5 Å². The highest BCUT2D eigenvalue weighted by Crippen LogP contribution is 2.26. The fraction of sp³-hybridized carbons (Fsp3) is 0. The molecule has 0 bridgehead atoms. The first-order chi connectivity index (χ1) is 13.0. The van der Waals surface area contributed by atoms with E-state index in [9.17, 15) is 4.79 Å². The average molecular weight is 382 g/mol. The monoisotopic (exact) mass is 381 g/mol. The minimum Gasteiger partial charge on any atom is -0.457 e. The van der Waals surface area contributed by atoms with Crippen LogP contribution in [0.25, 0.3) is 0 Å². The minimum atomic E-state index is -0.626. The van der Waals surface area contributed by atoms with Crippen molar-refractivity contribution in [1.29, 1.82) is 0 Å². The molecule has 7 nitrogen and oxygen atoms in total. The summed E-state index contributed by atoms with van der Waals surface area (Å²) in [6.45, 7) is 0. The Morgan fingerprint density at radius 2 is 1.81 bits per heavy atom. The highest BCUT2D eigenvalue weighted by Gasteiger charge is 2.06. The second-order valence-corrected chi connectivity index (χ2v) is 5.85. The fourth-order valence-corrected chi connectivity index (χ4v) is 2.41. The van der Waals surface area contributed by atoms with Crippen LogP contribution in [0.2, 0.25) is 5.02 Å². The van der Waals surface area contributed by atoms with E-state index >= 15 is 0 Å². The number of aliphatic imine (C=N–C) groups is 1. The second kappa shape index (κ2) is 8.20. The molecule has 0 saturated carbocycles. The van der Waals surface area contributed by atoms with Gasteiger partial charge in [-0.25, -0.2) is 4.99 Å². The summed E-state index contributed by atoms with van der Waals surface area (Å²) in [5.74, 6) is 0.528. The molecule has 2 aromatic carbocycles. The maximum Gasteiger partial charge on any atom is 0.267 e. The Morgan fingerprint density at radius 3 is 2.59 bits per heavy atom. The van der Waals surface area contributed by atoms with E-state index in [4.69, 9.17) is 27.8 Å². The van der Waals surface area contributed by atoms with Crippen LogP contribution in [-0.4, -0.2) is 16.9 Å². The van der Waals surface area contributed by atoms with Gasteiger partial charge in [-0.1, -0.05) is 29.8 Å². The Hall–Kier alpha value is -3.58. The van der Waals surface area contributed by atoms with E-state index in [-0.39, 0.29) is 11.7 Å². The number of pyridine rings is 1. The molecule has 0 saturated heterocycles. The Labute approximate surface area is 160 Å². The molecule has 3 aromatic rings. The molecule has 1 aromatic heterocycles. The average Bonchev–Trinajstić information content (AvgIpc) is 2.64. The molecule has 3 rings (SSSR count). The summed E-state index contributed by atoms with van der Waals surface area (Å²) in [5, 5.41) is 3.48. The van der Waals surface area contributed by atoms with Gasteiger partial charge in [-0.2, -0.15) is 0 Å². The maximum atomic E-state index is 11.2. The predicted octanol–water partition coefficient (Wildman–Crippen LogP) is 3.68. The number of nitrogens with one attached hydrogen (secondary N) is 1. The molecular formula is C19H16ClN5O2. The highest BCUT2D eigenvalue weighted by atomic mass is 35.5. The van der Waals surface area contributed by atoms with Crippen LogP contribution >= 0.6 is 11.6 Å². The number of anilines is 1. The maximum absolute atomic E-state index is 11.2. The number of guanidine groups is 1. The molecule has 27 heavy (non-hydrogen) atoms. The highest BCUT2D eigenvalue weighted by molar-refractivity contribution is 6.33. The summed E-state index contributed by atoms with van der Waals surface area (Å²) in [7, 11) is 0. The van der Waals surface area contributed by atoms with Gasteiger partial charge in [0.1, 0.15) is 17.2 Å². The molecule has 8 heteroatoms. The number of primary amides is 1. The zero-order chi connectivity index (χ0) is 19.2. The fourth-order valence-electron chi connectivity index (χ4n) is 2.23. The number of hydrogen-bond acceptors (Lipinski definition) is 4. The lowest BCUT2D eigenvalue weighted by atomic mass is 10.3. The van der Waals surface area contributed by atoms with Gasteiger partial charge < -0.3 is 21.5 Å². The number of carbonyl (C=O) groups excluding carboxylic acids is 1. The van der Waals surface area contributed by atoms with Gasteiger partial charge in [0.25, 0.3) is 5.91 Å². The van der Waals surface area contributed by atoms with E-state index < -0.39 is 5.91 Å². The summed E-state index contributed by atoms with van der Waals surface area (Å²) in [5.41, 5.74) is 12.5. The number of hydrogen-bond donors (Lipinski definition) is 3. The van der Waals surface area contributed by atoms with Crippen molar-refractivity contribution >= 4 is 34.8 Å². The van der Waals surface area contributed by atoms with Crippen molar-refractivity contribution < 1.29 is 9.53 Å². The van der Waals surface area contributed by atoms with Gasteiger partial charge in [0, 0.05) is 24.0 Å². The lowest BCUT2D eigenvalue weighted by molar-refractivity contribution is 0.0995. The summed E-state index contributed by atoms with van der Waals surface area (Å²) < 4.78 is 5.74. The Kier molecular flexibility index (Phi) is 5.53. The van der Waals surface area contributed by atoms with Gasteiger partial charge in [-0.3, -0.25) is 9.78 Å². The predicted molar refractivity (Wildman–Crippen MR) is 106 cm³/mol. The zero-order valence-corrected chi connectivity index (χ0v) is 14.9. The van der Waals surface area contributed by atoms with E-state index in [1.807, 2.05) is 18.2 Å². The van der Waals surface area contributed by atoms with E-state index in [1.165, 1.54) is 12.3 Å². The van der Waals surface area contributed by atoms with Crippen molar-refractivity contribution in [1.82, 2.24) is 4.98 Å². The van der Waals surface area contributed by atoms with Crippen LogP contribution in [0, 0.1) is 0 Å². The van der Waals surface area contributed by atoms with Crippen LogP contribution < -0.4 is 21.5 Å². The molecule has 136 valence electrons. The smallest absolute Gasteiger partial charge is 0.267 e. The van der Waals surface area contributed by atoms with Crippen LogP contribution in [0.15, 0.2) is 71.9 Å². The van der Waals surface area contributed by atoms with E-state index in [2.05, 4.69) is 15.3 Å². The van der Waals surface area contributed by atoms with Gasteiger partial charge >= 0.3 is 0 Å². The molecule has 0 fully saturated rings. The molecule has 5 N–H and O–H groups in total. The zero-order valence-electron chi connectivity index (χ0n) is 14.1. The largest absolute Gasteiger partial charge is 0.457 e. The number of halogens is 1. The minimum absolute atomic E-state index is 0.123. The number of nitrogens with zero attached hydrogens (tertiary/aromatic N) is 2. The number of nitrogens with two attached hydrogens (primary N) is 2.